The lowest BCUT2D eigenvalue weighted by Gasteiger charge is -2.50. The monoisotopic (exact) mass is 951 g/mol. The third kappa shape index (κ3) is 9.16. The fraction of sp³-hybridized carbons (Fsp3) is 0.412. The van der Waals surface area contributed by atoms with Crippen molar-refractivity contribution in [3.05, 3.63) is 205 Å². The summed E-state index contributed by atoms with van der Waals surface area (Å²) < 4.78 is 8.14. The van der Waals surface area contributed by atoms with Crippen LogP contribution >= 0.6 is 12.1 Å². The summed E-state index contributed by atoms with van der Waals surface area (Å²) in [6.07, 6.45) is 38.3. The van der Waals surface area contributed by atoms with E-state index in [1.165, 1.54) is 128 Å². The maximum atomic E-state index is 4.07. The lowest BCUT2D eigenvalue weighted by atomic mass is 9.57. The number of hydrogen-bond donors (Lipinski definition) is 2. The molecule has 5 aromatic rings. The molecule has 13 unspecified atom stereocenters. The molecule has 1 heterocycles. The average Bonchev–Trinajstić information content (AvgIpc) is 4.08. The van der Waals surface area contributed by atoms with E-state index in [9.17, 15) is 0 Å². The van der Waals surface area contributed by atoms with Crippen LogP contribution in [0.15, 0.2) is 188 Å². The molecule has 13 atom stereocenters. The minimum absolute atomic E-state index is 0.559. The summed E-state index contributed by atoms with van der Waals surface area (Å²) in [5, 5.41) is 0. The number of hydrogen-bond acceptors (Lipinski definition) is 3. The highest BCUT2D eigenvalue weighted by Crippen LogP contribution is 2.62. The Morgan fingerprint density at radius 2 is 1.07 bits per heavy atom. The van der Waals surface area contributed by atoms with Crippen LogP contribution in [0.2, 0.25) is 0 Å². The van der Waals surface area contributed by atoms with E-state index in [0.717, 1.165) is 53.3 Å². The summed E-state index contributed by atoms with van der Waals surface area (Å²) in [6, 6.07) is 53.1. The van der Waals surface area contributed by atoms with Crippen molar-refractivity contribution in [2.24, 2.45) is 71.0 Å². The second-order valence-corrected chi connectivity index (χ2v) is 24.0. The van der Waals surface area contributed by atoms with E-state index in [1.54, 1.807) is 5.56 Å². The average molecular weight is 951 g/mol. The predicted molar refractivity (Wildman–Crippen MR) is 300 cm³/mol. The number of benzene rings is 5. The van der Waals surface area contributed by atoms with E-state index in [0.29, 0.717) is 35.8 Å². The maximum absolute atomic E-state index is 4.07. The first-order valence-corrected chi connectivity index (χ1v) is 29.0. The molecule has 2 N–H and O–H groups in total. The van der Waals surface area contributed by atoms with Gasteiger partial charge in [-0.25, -0.2) is 9.44 Å². The molecule has 3 heteroatoms. The van der Waals surface area contributed by atoms with E-state index in [4.69, 9.17) is 0 Å². The van der Waals surface area contributed by atoms with Gasteiger partial charge in [0.2, 0.25) is 0 Å². The van der Waals surface area contributed by atoms with Crippen LogP contribution in [0.25, 0.3) is 33.4 Å². The van der Waals surface area contributed by atoms with E-state index in [-0.39, 0.29) is 0 Å². The van der Waals surface area contributed by atoms with Gasteiger partial charge in [0.1, 0.15) is 0 Å². The van der Waals surface area contributed by atoms with E-state index < -0.39 is 0 Å². The van der Waals surface area contributed by atoms with Crippen LogP contribution in [-0.4, -0.2) is 12.1 Å². The lowest BCUT2D eigenvalue weighted by molar-refractivity contribution is 0.0376. The zero-order valence-corrected chi connectivity index (χ0v) is 42.5. The molecule has 13 rings (SSSR count). The SMILES string of the molecule is C1=CCC(C(C2C=CC(c3ccccc3)=CC2)C2CCC(C3CCC(C4C5C=CC(c6ccc(-c7ccccc7)cc6)=CC5C5CC(c6ccc(-c7ccccc7)cc6)CCC54)CC3)C3NSNC23)CC1. The molecule has 5 fully saturated rings. The van der Waals surface area contributed by atoms with Gasteiger partial charge in [-0.2, -0.15) is 0 Å². The Bertz CT molecular complexity index is 2740. The van der Waals surface area contributed by atoms with Gasteiger partial charge >= 0.3 is 0 Å². The van der Waals surface area contributed by atoms with Crippen molar-refractivity contribution in [3.8, 4) is 22.3 Å². The van der Waals surface area contributed by atoms with Gasteiger partial charge in [-0.15, -0.1) is 0 Å². The summed E-state index contributed by atoms with van der Waals surface area (Å²) in [6.45, 7) is 0. The topological polar surface area (TPSA) is 24.1 Å². The minimum Gasteiger partial charge on any atom is -0.246 e. The maximum Gasteiger partial charge on any atom is 0.0380 e. The highest BCUT2D eigenvalue weighted by atomic mass is 32.2. The van der Waals surface area contributed by atoms with Crippen LogP contribution in [0.4, 0.5) is 0 Å². The molecule has 0 amide bonds. The van der Waals surface area contributed by atoms with Gasteiger partial charge in [0.15, 0.2) is 0 Å². The summed E-state index contributed by atoms with van der Waals surface area (Å²) in [5.41, 5.74) is 12.4. The van der Waals surface area contributed by atoms with Crippen LogP contribution in [0, 0.1) is 71.0 Å². The molecule has 0 spiro atoms. The third-order valence-electron chi connectivity index (χ3n) is 20.1. The predicted octanol–water partition coefficient (Wildman–Crippen LogP) is 17.0. The summed E-state index contributed by atoms with van der Waals surface area (Å²) in [7, 11) is 0. The van der Waals surface area contributed by atoms with Crippen LogP contribution < -0.4 is 9.44 Å². The third-order valence-corrected chi connectivity index (χ3v) is 20.9. The van der Waals surface area contributed by atoms with Crippen molar-refractivity contribution in [1.82, 2.24) is 9.44 Å². The quantitative estimate of drug-likeness (QED) is 0.108. The number of rotatable bonds is 10. The smallest absolute Gasteiger partial charge is 0.0380 e. The Morgan fingerprint density at radius 3 is 1.75 bits per heavy atom. The number of fused-ring (bicyclic) bond motifs is 4. The lowest BCUT2D eigenvalue weighted by Crippen LogP contribution is -2.54. The van der Waals surface area contributed by atoms with Gasteiger partial charge in [-0.05, 0) is 210 Å². The fourth-order valence-corrected chi connectivity index (χ4v) is 17.8. The molecule has 0 bridgehead atoms. The Morgan fingerprint density at radius 1 is 0.465 bits per heavy atom. The molecule has 4 saturated carbocycles. The Hall–Kier alpha value is -4.93. The van der Waals surface area contributed by atoms with Gasteiger partial charge in [0, 0.05) is 24.2 Å². The molecule has 8 aliphatic rings. The summed E-state index contributed by atoms with van der Waals surface area (Å²) in [4.78, 5) is 0. The van der Waals surface area contributed by atoms with Gasteiger partial charge in [-0.3, -0.25) is 0 Å². The second kappa shape index (κ2) is 20.5. The van der Waals surface area contributed by atoms with Crippen LogP contribution in [0.5, 0.6) is 0 Å². The van der Waals surface area contributed by atoms with Crippen molar-refractivity contribution in [3.63, 3.8) is 0 Å². The van der Waals surface area contributed by atoms with E-state index >= 15 is 0 Å². The molecule has 2 nitrogen and oxygen atoms in total. The molecule has 0 radical (unpaired) electrons. The van der Waals surface area contributed by atoms with Gasteiger partial charge < -0.3 is 0 Å². The molecule has 71 heavy (non-hydrogen) atoms. The number of allylic oxidation sites excluding steroid dienone is 10. The van der Waals surface area contributed by atoms with Crippen LogP contribution in [0.1, 0.15) is 106 Å². The minimum atomic E-state index is 0.559. The summed E-state index contributed by atoms with van der Waals surface area (Å²) in [5.74, 6) is 9.59. The molecular formula is C68H74N2S. The Labute approximate surface area is 430 Å². The molecule has 1 saturated heterocycles. The van der Waals surface area contributed by atoms with Crippen molar-refractivity contribution >= 4 is 23.3 Å². The summed E-state index contributed by atoms with van der Waals surface area (Å²) >= 11 is 1.84. The van der Waals surface area contributed by atoms with Crippen molar-refractivity contribution in [1.29, 1.82) is 0 Å². The zero-order chi connectivity index (χ0) is 47.1. The normalized spacial score (nSPS) is 34.6. The Balaban J connectivity index is 0.718. The van der Waals surface area contributed by atoms with Gasteiger partial charge in [-0.1, -0.05) is 188 Å². The largest absolute Gasteiger partial charge is 0.246 e. The van der Waals surface area contributed by atoms with Gasteiger partial charge in [0.05, 0.1) is 0 Å². The van der Waals surface area contributed by atoms with Crippen LogP contribution in [0.3, 0.4) is 0 Å². The first kappa shape index (κ1) is 45.9. The zero-order valence-electron chi connectivity index (χ0n) is 41.7. The highest BCUT2D eigenvalue weighted by molar-refractivity contribution is 7.95. The van der Waals surface area contributed by atoms with Crippen molar-refractivity contribution < 1.29 is 0 Å². The first-order valence-electron chi connectivity index (χ1n) is 28.2. The Kier molecular flexibility index (Phi) is 13.3. The molecule has 5 aromatic carbocycles. The second-order valence-electron chi connectivity index (χ2n) is 23.4. The van der Waals surface area contributed by atoms with E-state index in [2.05, 4.69) is 198 Å². The van der Waals surface area contributed by atoms with Crippen LogP contribution in [-0.2, 0) is 0 Å². The first-order chi connectivity index (χ1) is 35.2. The molecular weight excluding hydrogens is 877 g/mol. The molecule has 1 aliphatic heterocycles. The molecule has 0 aromatic heterocycles. The van der Waals surface area contributed by atoms with Crippen molar-refractivity contribution in [2.75, 3.05) is 0 Å². The number of nitrogens with one attached hydrogen (secondary N) is 2. The van der Waals surface area contributed by atoms with Crippen molar-refractivity contribution in [2.45, 2.75) is 101 Å². The standard InChI is InChI=1S/C68H74N2S/c1-5-13-45(14-6-1)48-21-25-51(26-22-48)57-37-39-60-63(43-57)64-44-58(52-27-23-49(24-28-52)46-15-7-2-8-16-46)38-40-61(64)66(60)56-35-31-53(32-36-56)59-41-42-62(68-67(59)69-71-70-68)65(54-19-11-4-12-20-54)55-33-29-50(30-34-55)47-17-9-3-10-18-47/h1-11,13-18,21-30,33,37,39,43,53-56,58-70H,12,19-20,31-32,34-36,38,40-42,44H2. The molecule has 362 valence electrons. The van der Waals surface area contributed by atoms with E-state index in [1.807, 2.05) is 12.1 Å². The van der Waals surface area contributed by atoms with Gasteiger partial charge in [0.25, 0.3) is 0 Å². The fourth-order valence-electron chi connectivity index (χ4n) is 16.8. The molecule has 7 aliphatic carbocycles. The highest BCUT2D eigenvalue weighted by Gasteiger charge is 2.55.